The first-order chi connectivity index (χ1) is 14.8. The molecule has 1 saturated heterocycles. The highest BCUT2D eigenvalue weighted by Crippen LogP contribution is 2.28. The Morgan fingerprint density at radius 2 is 1.77 bits per heavy atom. The van der Waals surface area contributed by atoms with Gasteiger partial charge in [0.2, 0.25) is 15.9 Å². The standard InChI is InChI=1S/C20H18ClFN4O4S/c21-17-4-2-1-3-16(17)19-24-25-20(30-19)23-18(27)13-9-11-26(12-10-13)31(28,29)15-7-5-14(22)6-8-15/h1-8,13H,9-12H2,(H,23,25,27). The van der Waals surface area contributed by atoms with Crippen LogP contribution in [0.5, 0.6) is 0 Å². The minimum atomic E-state index is -3.74. The predicted molar refractivity (Wildman–Crippen MR) is 111 cm³/mol. The molecule has 0 atom stereocenters. The zero-order valence-corrected chi connectivity index (χ0v) is 17.7. The molecule has 0 aliphatic carbocycles. The first-order valence-electron chi connectivity index (χ1n) is 9.49. The van der Waals surface area contributed by atoms with Crippen LogP contribution in [0.3, 0.4) is 0 Å². The molecule has 1 fully saturated rings. The van der Waals surface area contributed by atoms with E-state index in [4.69, 9.17) is 16.0 Å². The number of rotatable bonds is 5. The van der Waals surface area contributed by atoms with Gasteiger partial charge in [0.1, 0.15) is 5.82 Å². The van der Waals surface area contributed by atoms with Crippen molar-refractivity contribution in [3.63, 3.8) is 0 Å². The van der Waals surface area contributed by atoms with E-state index in [-0.39, 0.29) is 35.8 Å². The van der Waals surface area contributed by atoms with Gasteiger partial charge in [-0.05, 0) is 49.2 Å². The first kappa shape index (κ1) is 21.4. The minimum Gasteiger partial charge on any atom is -0.403 e. The van der Waals surface area contributed by atoms with Crippen molar-refractivity contribution < 1.29 is 22.0 Å². The molecule has 162 valence electrons. The third-order valence-electron chi connectivity index (χ3n) is 5.04. The Hall–Kier alpha value is -2.82. The van der Waals surface area contributed by atoms with Gasteiger partial charge in [-0.15, -0.1) is 5.10 Å². The fourth-order valence-corrected chi connectivity index (χ4v) is 5.02. The van der Waals surface area contributed by atoms with E-state index in [0.29, 0.717) is 23.4 Å². The summed E-state index contributed by atoms with van der Waals surface area (Å²) in [6.45, 7) is 0.346. The van der Waals surface area contributed by atoms with Gasteiger partial charge in [0.05, 0.1) is 15.5 Å². The zero-order valence-electron chi connectivity index (χ0n) is 16.2. The second kappa shape index (κ2) is 8.74. The number of halogens is 2. The van der Waals surface area contributed by atoms with E-state index in [1.54, 1.807) is 24.3 Å². The summed E-state index contributed by atoms with van der Waals surface area (Å²) in [5.41, 5.74) is 0.552. The Morgan fingerprint density at radius 3 is 2.45 bits per heavy atom. The molecule has 2 heterocycles. The van der Waals surface area contributed by atoms with Crippen LogP contribution in [0.4, 0.5) is 10.4 Å². The van der Waals surface area contributed by atoms with E-state index in [0.717, 1.165) is 12.1 Å². The van der Waals surface area contributed by atoms with E-state index in [9.17, 15) is 17.6 Å². The summed E-state index contributed by atoms with van der Waals surface area (Å²) in [5.74, 6) is -1.06. The van der Waals surface area contributed by atoms with Gasteiger partial charge in [-0.25, -0.2) is 12.8 Å². The lowest BCUT2D eigenvalue weighted by Gasteiger charge is -2.30. The van der Waals surface area contributed by atoms with E-state index in [2.05, 4.69) is 15.5 Å². The highest BCUT2D eigenvalue weighted by atomic mass is 35.5. The lowest BCUT2D eigenvalue weighted by Crippen LogP contribution is -2.41. The summed E-state index contributed by atoms with van der Waals surface area (Å²) >= 11 is 6.11. The average Bonchev–Trinajstić information content (AvgIpc) is 3.22. The number of carbonyl (C=O) groups is 1. The molecular formula is C20H18ClFN4O4S. The van der Waals surface area contributed by atoms with Gasteiger partial charge in [-0.2, -0.15) is 4.31 Å². The number of hydrogen-bond acceptors (Lipinski definition) is 6. The number of benzene rings is 2. The van der Waals surface area contributed by atoms with E-state index in [1.807, 2.05) is 0 Å². The van der Waals surface area contributed by atoms with Crippen molar-refractivity contribution in [1.82, 2.24) is 14.5 Å². The largest absolute Gasteiger partial charge is 0.403 e. The van der Waals surface area contributed by atoms with Gasteiger partial charge in [-0.1, -0.05) is 28.8 Å². The van der Waals surface area contributed by atoms with Gasteiger partial charge in [0.25, 0.3) is 5.89 Å². The number of amides is 1. The molecule has 1 amide bonds. The molecule has 1 aliphatic heterocycles. The molecule has 0 unspecified atom stereocenters. The molecule has 3 aromatic rings. The summed E-state index contributed by atoms with van der Waals surface area (Å²) in [4.78, 5) is 12.6. The molecule has 8 nitrogen and oxygen atoms in total. The number of piperidine rings is 1. The van der Waals surface area contributed by atoms with Crippen molar-refractivity contribution >= 4 is 33.5 Å². The number of aromatic nitrogens is 2. The molecule has 1 aromatic heterocycles. The molecule has 0 radical (unpaired) electrons. The molecule has 2 aromatic carbocycles. The third-order valence-corrected chi connectivity index (χ3v) is 7.28. The van der Waals surface area contributed by atoms with Crippen molar-refractivity contribution in [3.8, 4) is 11.5 Å². The topological polar surface area (TPSA) is 105 Å². The van der Waals surface area contributed by atoms with Crippen LogP contribution in [0.1, 0.15) is 12.8 Å². The SMILES string of the molecule is O=C(Nc1nnc(-c2ccccc2Cl)o1)C1CCN(S(=O)(=O)c2ccc(F)cc2)CC1. The zero-order chi connectivity index (χ0) is 22.0. The summed E-state index contributed by atoms with van der Waals surface area (Å²) in [7, 11) is -3.74. The number of nitrogens with one attached hydrogen (secondary N) is 1. The number of sulfonamides is 1. The van der Waals surface area contributed by atoms with E-state index in [1.165, 1.54) is 16.4 Å². The van der Waals surface area contributed by atoms with E-state index < -0.39 is 21.8 Å². The Morgan fingerprint density at radius 1 is 1.10 bits per heavy atom. The minimum absolute atomic E-state index is 0.0229. The van der Waals surface area contributed by atoms with Crippen molar-refractivity contribution in [2.75, 3.05) is 18.4 Å². The molecule has 1 N–H and O–H groups in total. The number of nitrogens with zero attached hydrogens (tertiary/aromatic N) is 3. The van der Waals surface area contributed by atoms with Crippen LogP contribution >= 0.6 is 11.6 Å². The van der Waals surface area contributed by atoms with E-state index >= 15 is 0 Å². The second-order valence-corrected chi connectivity index (χ2v) is 9.36. The van der Waals surface area contributed by atoms with Crippen LogP contribution in [-0.2, 0) is 14.8 Å². The lowest BCUT2D eigenvalue weighted by molar-refractivity contribution is -0.121. The highest BCUT2D eigenvalue weighted by molar-refractivity contribution is 7.89. The Labute approximate surface area is 183 Å². The van der Waals surface area contributed by atoms with Crippen LogP contribution in [-0.4, -0.2) is 41.9 Å². The summed E-state index contributed by atoms with van der Waals surface area (Å²) < 4.78 is 45.2. The maximum absolute atomic E-state index is 13.1. The Balaban J connectivity index is 1.37. The second-order valence-electron chi connectivity index (χ2n) is 7.01. The number of hydrogen-bond donors (Lipinski definition) is 1. The quantitative estimate of drug-likeness (QED) is 0.618. The smallest absolute Gasteiger partial charge is 0.322 e. The number of anilines is 1. The lowest BCUT2D eigenvalue weighted by atomic mass is 9.97. The molecule has 31 heavy (non-hydrogen) atoms. The Kier molecular flexibility index (Phi) is 6.03. The predicted octanol–water partition coefficient (Wildman–Crippen LogP) is 3.57. The normalized spacial score (nSPS) is 15.7. The molecule has 0 spiro atoms. The van der Waals surface area contributed by atoms with Gasteiger partial charge < -0.3 is 4.42 Å². The summed E-state index contributed by atoms with van der Waals surface area (Å²) in [5, 5.41) is 10.7. The van der Waals surface area contributed by atoms with Crippen molar-refractivity contribution in [2.45, 2.75) is 17.7 Å². The molecule has 4 rings (SSSR count). The van der Waals surface area contributed by atoms with Gasteiger partial charge in [0.15, 0.2) is 0 Å². The monoisotopic (exact) mass is 464 g/mol. The van der Waals surface area contributed by atoms with Crippen LogP contribution in [0, 0.1) is 11.7 Å². The maximum atomic E-state index is 13.1. The van der Waals surface area contributed by atoms with Gasteiger partial charge >= 0.3 is 6.01 Å². The molecular weight excluding hydrogens is 447 g/mol. The molecule has 0 bridgehead atoms. The fourth-order valence-electron chi connectivity index (χ4n) is 3.34. The van der Waals surface area contributed by atoms with Crippen molar-refractivity contribution in [1.29, 1.82) is 0 Å². The maximum Gasteiger partial charge on any atom is 0.322 e. The summed E-state index contributed by atoms with van der Waals surface area (Å²) in [6.07, 6.45) is 0.662. The number of carbonyl (C=O) groups excluding carboxylic acids is 1. The summed E-state index contributed by atoms with van der Waals surface area (Å²) in [6, 6.07) is 11.6. The highest BCUT2D eigenvalue weighted by Gasteiger charge is 2.32. The van der Waals surface area contributed by atoms with Crippen LogP contribution in [0.2, 0.25) is 5.02 Å². The van der Waals surface area contributed by atoms with Gasteiger partial charge in [0, 0.05) is 19.0 Å². The molecule has 1 aliphatic rings. The van der Waals surface area contributed by atoms with Crippen LogP contribution in [0.15, 0.2) is 57.8 Å². The molecule has 0 saturated carbocycles. The van der Waals surface area contributed by atoms with Crippen LogP contribution < -0.4 is 5.32 Å². The average molecular weight is 465 g/mol. The third kappa shape index (κ3) is 4.60. The van der Waals surface area contributed by atoms with Gasteiger partial charge in [-0.3, -0.25) is 10.1 Å². The van der Waals surface area contributed by atoms with Crippen LogP contribution in [0.25, 0.3) is 11.5 Å². The fraction of sp³-hybridized carbons (Fsp3) is 0.250. The molecule has 11 heteroatoms. The first-order valence-corrected chi connectivity index (χ1v) is 11.3. The van der Waals surface area contributed by atoms with Crippen molar-refractivity contribution in [3.05, 3.63) is 59.4 Å². The Bertz CT molecular complexity index is 1190. The van der Waals surface area contributed by atoms with Crippen molar-refractivity contribution in [2.24, 2.45) is 5.92 Å².